The molecule has 4 aliphatic rings. The molecule has 0 aromatic rings. The molecule has 2 N–H and O–H groups in total. The minimum atomic E-state index is -0.0844. The lowest BCUT2D eigenvalue weighted by Gasteiger charge is -2.65. The summed E-state index contributed by atoms with van der Waals surface area (Å²) in [6.45, 7) is 7.51. The lowest BCUT2D eigenvalue weighted by Crippen LogP contribution is -2.61. The van der Waals surface area contributed by atoms with Crippen LogP contribution in [0.5, 0.6) is 0 Å². The van der Waals surface area contributed by atoms with Crippen molar-refractivity contribution in [2.24, 2.45) is 33.5 Å². The van der Waals surface area contributed by atoms with Crippen molar-refractivity contribution in [2.75, 3.05) is 6.61 Å². The van der Waals surface area contributed by atoms with E-state index in [0.717, 1.165) is 0 Å². The zero-order valence-corrected chi connectivity index (χ0v) is 14.7. The number of fused-ring (bicyclic) bond motifs is 3. The molecule has 0 radical (unpaired) electrons. The summed E-state index contributed by atoms with van der Waals surface area (Å²) in [5, 5.41) is 21.3. The Kier molecular flexibility index (Phi) is 3.16. The van der Waals surface area contributed by atoms with Crippen LogP contribution in [0.25, 0.3) is 0 Å². The summed E-state index contributed by atoms with van der Waals surface area (Å²) < 4.78 is 0. The molecule has 4 aliphatic carbocycles. The minimum absolute atomic E-state index is 0.0844. The van der Waals surface area contributed by atoms with E-state index in [9.17, 15) is 10.2 Å². The monoisotopic (exact) mass is 306 g/mol. The average Bonchev–Trinajstić information content (AvgIpc) is 2.64. The van der Waals surface area contributed by atoms with E-state index in [1.54, 1.807) is 0 Å². The number of hydrogen-bond donors (Lipinski definition) is 2. The van der Waals surface area contributed by atoms with Crippen molar-refractivity contribution in [3.8, 4) is 0 Å². The van der Waals surface area contributed by atoms with Crippen LogP contribution in [0, 0.1) is 33.5 Å². The summed E-state index contributed by atoms with van der Waals surface area (Å²) >= 11 is 0. The Morgan fingerprint density at radius 3 is 2.32 bits per heavy atom. The van der Waals surface area contributed by atoms with Gasteiger partial charge in [0.1, 0.15) is 0 Å². The fourth-order valence-electron chi connectivity index (χ4n) is 8.01. The molecule has 0 aromatic carbocycles. The van der Waals surface area contributed by atoms with E-state index < -0.39 is 0 Å². The van der Waals surface area contributed by atoms with E-state index in [0.29, 0.717) is 23.9 Å². The molecule has 7 atom stereocenters. The second-order valence-corrected chi connectivity index (χ2v) is 10.1. The molecule has 2 heteroatoms. The maximum absolute atomic E-state index is 11.2. The SMILES string of the molecule is C[C@@]12CC[C@@H]3[C@@](CC[C@@H]4[C@@](C)(CO)CCC[C@]43C)(CC1)C2O. The van der Waals surface area contributed by atoms with Gasteiger partial charge >= 0.3 is 0 Å². The molecule has 4 rings (SSSR count). The molecule has 4 saturated carbocycles. The Morgan fingerprint density at radius 2 is 1.59 bits per heavy atom. The molecular formula is C20H34O2. The van der Waals surface area contributed by atoms with Crippen LogP contribution in [-0.2, 0) is 0 Å². The molecule has 0 heterocycles. The third kappa shape index (κ3) is 1.64. The number of rotatable bonds is 1. The normalized spacial score (nSPS) is 60.7. The molecule has 1 spiro atoms. The van der Waals surface area contributed by atoms with E-state index >= 15 is 0 Å². The summed E-state index contributed by atoms with van der Waals surface area (Å²) in [7, 11) is 0. The molecule has 2 bridgehead atoms. The zero-order valence-electron chi connectivity index (χ0n) is 14.7. The van der Waals surface area contributed by atoms with E-state index in [4.69, 9.17) is 0 Å². The van der Waals surface area contributed by atoms with Crippen molar-refractivity contribution in [3.63, 3.8) is 0 Å². The van der Waals surface area contributed by atoms with Crippen molar-refractivity contribution < 1.29 is 10.2 Å². The van der Waals surface area contributed by atoms with Gasteiger partial charge in [-0.1, -0.05) is 27.2 Å². The second kappa shape index (κ2) is 4.51. The van der Waals surface area contributed by atoms with Gasteiger partial charge in [0.2, 0.25) is 0 Å². The highest BCUT2D eigenvalue weighted by molar-refractivity contribution is 5.17. The van der Waals surface area contributed by atoms with E-state index in [-0.39, 0.29) is 22.3 Å². The summed E-state index contributed by atoms with van der Waals surface area (Å²) in [5.41, 5.74) is 0.833. The maximum atomic E-state index is 11.2. The van der Waals surface area contributed by atoms with Gasteiger partial charge in [-0.2, -0.15) is 0 Å². The summed E-state index contributed by atoms with van der Waals surface area (Å²) in [6, 6.07) is 0. The third-order valence-corrected chi connectivity index (χ3v) is 9.22. The van der Waals surface area contributed by atoms with Gasteiger partial charge < -0.3 is 10.2 Å². The maximum Gasteiger partial charge on any atom is 0.0652 e. The predicted molar refractivity (Wildman–Crippen MR) is 88.4 cm³/mol. The molecule has 0 aliphatic heterocycles. The average molecular weight is 306 g/mol. The van der Waals surface area contributed by atoms with Gasteiger partial charge in [-0.15, -0.1) is 0 Å². The van der Waals surface area contributed by atoms with Crippen molar-refractivity contribution in [2.45, 2.75) is 84.7 Å². The molecule has 126 valence electrons. The lowest BCUT2D eigenvalue weighted by molar-refractivity contribution is -0.202. The number of aliphatic hydroxyl groups excluding tert-OH is 2. The first-order chi connectivity index (χ1) is 10.3. The van der Waals surface area contributed by atoms with E-state index in [1.807, 2.05) is 0 Å². The Balaban J connectivity index is 1.75. The second-order valence-electron chi connectivity index (χ2n) is 10.1. The van der Waals surface area contributed by atoms with Crippen LogP contribution in [0.1, 0.15) is 78.6 Å². The van der Waals surface area contributed by atoms with E-state index in [1.165, 1.54) is 57.8 Å². The molecule has 4 fully saturated rings. The van der Waals surface area contributed by atoms with Crippen molar-refractivity contribution in [1.82, 2.24) is 0 Å². The Bertz CT molecular complexity index is 476. The Hall–Kier alpha value is -0.0800. The molecule has 0 amide bonds. The predicted octanol–water partition coefficient (Wildman–Crippen LogP) is 4.14. The van der Waals surface area contributed by atoms with Crippen LogP contribution in [0.3, 0.4) is 0 Å². The largest absolute Gasteiger partial charge is 0.396 e. The molecule has 0 aromatic heterocycles. The van der Waals surface area contributed by atoms with Gasteiger partial charge in [0, 0.05) is 12.0 Å². The van der Waals surface area contributed by atoms with E-state index in [2.05, 4.69) is 20.8 Å². The first kappa shape index (κ1) is 15.4. The lowest BCUT2D eigenvalue weighted by atomic mass is 9.40. The van der Waals surface area contributed by atoms with Crippen LogP contribution >= 0.6 is 0 Å². The standard InChI is InChI=1S/C20H34O2/c1-17-9-5-15-19(3)8-4-7-18(2,13-21)14(19)6-10-20(15,12-11-17)16(17)22/h14-16,21-22H,4-13H2,1-3H3/t14-,15+,16?,17-,18-,19-,20-/m1/s1. The van der Waals surface area contributed by atoms with Gasteiger partial charge in [0.15, 0.2) is 0 Å². The van der Waals surface area contributed by atoms with Crippen molar-refractivity contribution in [1.29, 1.82) is 0 Å². The van der Waals surface area contributed by atoms with Gasteiger partial charge in [0.25, 0.3) is 0 Å². The fourth-order valence-corrected chi connectivity index (χ4v) is 8.01. The van der Waals surface area contributed by atoms with Gasteiger partial charge in [0.05, 0.1) is 6.10 Å². The first-order valence-corrected chi connectivity index (χ1v) is 9.60. The Morgan fingerprint density at radius 1 is 0.864 bits per heavy atom. The number of hydrogen-bond acceptors (Lipinski definition) is 2. The first-order valence-electron chi connectivity index (χ1n) is 9.60. The minimum Gasteiger partial charge on any atom is -0.396 e. The van der Waals surface area contributed by atoms with Crippen LogP contribution in [0.15, 0.2) is 0 Å². The molecule has 2 nitrogen and oxygen atoms in total. The smallest absolute Gasteiger partial charge is 0.0652 e. The molecule has 0 saturated heterocycles. The van der Waals surface area contributed by atoms with Gasteiger partial charge in [-0.25, -0.2) is 0 Å². The zero-order chi connectivity index (χ0) is 15.8. The van der Waals surface area contributed by atoms with Crippen molar-refractivity contribution in [3.05, 3.63) is 0 Å². The van der Waals surface area contributed by atoms with Crippen LogP contribution < -0.4 is 0 Å². The van der Waals surface area contributed by atoms with Crippen LogP contribution in [-0.4, -0.2) is 22.9 Å². The van der Waals surface area contributed by atoms with Gasteiger partial charge in [-0.3, -0.25) is 0 Å². The molecular weight excluding hydrogens is 272 g/mol. The highest BCUT2D eigenvalue weighted by Crippen LogP contribution is 2.73. The molecule has 22 heavy (non-hydrogen) atoms. The Labute approximate surface area is 135 Å². The summed E-state index contributed by atoms with van der Waals surface area (Å²) in [4.78, 5) is 0. The summed E-state index contributed by atoms with van der Waals surface area (Å²) in [5.74, 6) is 1.32. The highest BCUT2D eigenvalue weighted by Gasteiger charge is 2.68. The topological polar surface area (TPSA) is 40.5 Å². The van der Waals surface area contributed by atoms with Gasteiger partial charge in [-0.05, 0) is 79.4 Å². The third-order valence-electron chi connectivity index (χ3n) is 9.22. The quantitative estimate of drug-likeness (QED) is 0.764. The summed E-state index contributed by atoms with van der Waals surface area (Å²) in [6.07, 6.45) is 11.1. The highest BCUT2D eigenvalue weighted by atomic mass is 16.3. The van der Waals surface area contributed by atoms with Crippen LogP contribution in [0.2, 0.25) is 0 Å². The fraction of sp³-hybridized carbons (Fsp3) is 1.00. The van der Waals surface area contributed by atoms with Crippen molar-refractivity contribution >= 4 is 0 Å². The van der Waals surface area contributed by atoms with Crippen LogP contribution in [0.4, 0.5) is 0 Å². The molecule has 1 unspecified atom stereocenters. The number of aliphatic hydroxyl groups is 2.